The Morgan fingerprint density at radius 3 is 2.85 bits per heavy atom. The van der Waals surface area contributed by atoms with E-state index >= 15 is 0 Å². The maximum Gasteiger partial charge on any atom is 0.240 e. The lowest BCUT2D eigenvalue weighted by Gasteiger charge is -2.39. The lowest BCUT2D eigenvalue weighted by molar-refractivity contribution is -0.117. The minimum absolute atomic E-state index is 0.0916. The van der Waals surface area contributed by atoms with E-state index in [2.05, 4.69) is 35.3 Å². The fourth-order valence-corrected chi connectivity index (χ4v) is 4.33. The topological polar surface area (TPSA) is 61.4 Å². The minimum atomic E-state index is 0.0916. The molecule has 6 heteroatoms. The van der Waals surface area contributed by atoms with Crippen LogP contribution in [-0.2, 0) is 24.2 Å². The summed E-state index contributed by atoms with van der Waals surface area (Å²) in [5, 5.41) is 3.21. The van der Waals surface area contributed by atoms with Crippen molar-refractivity contribution >= 4 is 17.5 Å². The Morgan fingerprint density at radius 2 is 2.07 bits per heavy atom. The zero-order valence-corrected chi connectivity index (χ0v) is 16.0. The summed E-state index contributed by atoms with van der Waals surface area (Å²) >= 11 is 0. The van der Waals surface area contributed by atoms with Crippen molar-refractivity contribution < 1.29 is 4.79 Å². The molecule has 2 aromatic rings. The van der Waals surface area contributed by atoms with Crippen LogP contribution in [-0.4, -0.2) is 42.1 Å². The van der Waals surface area contributed by atoms with Gasteiger partial charge in [0.15, 0.2) is 0 Å². The molecule has 1 aromatic heterocycles. The monoisotopic (exact) mass is 363 g/mol. The van der Waals surface area contributed by atoms with E-state index in [4.69, 9.17) is 9.97 Å². The number of amides is 1. The minimum Gasteiger partial charge on any atom is -0.338 e. The third-order valence-electron chi connectivity index (χ3n) is 6.18. The molecular weight excluding hydrogens is 338 g/mol. The first kappa shape index (κ1) is 16.7. The fourth-order valence-electron chi connectivity index (χ4n) is 4.33. The molecule has 1 N–H and O–H groups in total. The van der Waals surface area contributed by atoms with Gasteiger partial charge in [0.25, 0.3) is 0 Å². The number of anilines is 2. The van der Waals surface area contributed by atoms with Crippen LogP contribution in [0.2, 0.25) is 0 Å². The number of benzene rings is 1. The van der Waals surface area contributed by atoms with Gasteiger partial charge in [-0.15, -0.1) is 0 Å². The molecule has 1 aliphatic carbocycles. The Labute approximate surface area is 159 Å². The van der Waals surface area contributed by atoms with Gasteiger partial charge in [-0.2, -0.15) is 0 Å². The Balaban J connectivity index is 1.62. The molecule has 3 aliphatic rings. The second-order valence-electron chi connectivity index (χ2n) is 7.88. The summed E-state index contributed by atoms with van der Waals surface area (Å²) in [6, 6.07) is 6.92. The summed E-state index contributed by atoms with van der Waals surface area (Å²) in [5.74, 6) is 0.958. The maximum atomic E-state index is 12.3. The average Bonchev–Trinajstić information content (AvgIpc) is 3.09. The number of likely N-dealkylation sites (N-methyl/N-ethyl adjacent to an activating group) is 1. The largest absolute Gasteiger partial charge is 0.338 e. The van der Waals surface area contributed by atoms with Gasteiger partial charge in [0.2, 0.25) is 11.9 Å². The van der Waals surface area contributed by atoms with E-state index < -0.39 is 0 Å². The molecule has 140 valence electrons. The van der Waals surface area contributed by atoms with Gasteiger partial charge in [-0.1, -0.05) is 12.1 Å². The molecule has 2 aliphatic heterocycles. The number of carbonyl (C=O) groups is 1. The molecule has 1 fully saturated rings. The van der Waals surface area contributed by atoms with Crippen molar-refractivity contribution in [2.24, 2.45) is 0 Å². The molecule has 1 aromatic carbocycles. The van der Waals surface area contributed by atoms with Crippen molar-refractivity contribution in [3.05, 3.63) is 35.0 Å². The van der Waals surface area contributed by atoms with E-state index in [-0.39, 0.29) is 5.91 Å². The Morgan fingerprint density at radius 1 is 1.19 bits per heavy atom. The highest BCUT2D eigenvalue weighted by atomic mass is 16.2. The molecule has 1 saturated heterocycles. The highest BCUT2D eigenvalue weighted by Crippen LogP contribution is 2.36. The number of nitrogens with one attached hydrogen (secondary N) is 1. The molecule has 5 rings (SSSR count). The second-order valence-corrected chi connectivity index (χ2v) is 7.88. The quantitative estimate of drug-likeness (QED) is 0.887. The number of nitrogens with zero attached hydrogens (tertiary/aromatic N) is 4. The van der Waals surface area contributed by atoms with Crippen LogP contribution in [0.25, 0.3) is 11.3 Å². The SMILES string of the molecule is C[C@H]1CCN1c1nc2c(c(-c3ccc4c(c3)N(C)C(=O)CNC4)n1)CCC2. The van der Waals surface area contributed by atoms with Crippen LogP contribution in [0.5, 0.6) is 0 Å². The van der Waals surface area contributed by atoms with Gasteiger partial charge in [0, 0.05) is 48.7 Å². The number of hydrogen-bond donors (Lipinski definition) is 1. The van der Waals surface area contributed by atoms with Gasteiger partial charge < -0.3 is 15.1 Å². The van der Waals surface area contributed by atoms with E-state index in [0.29, 0.717) is 19.1 Å². The number of fused-ring (bicyclic) bond motifs is 2. The van der Waals surface area contributed by atoms with Gasteiger partial charge in [-0.05, 0) is 44.2 Å². The maximum absolute atomic E-state index is 12.3. The third-order valence-corrected chi connectivity index (χ3v) is 6.18. The molecular formula is C21H25N5O. The van der Waals surface area contributed by atoms with Crippen LogP contribution in [0.1, 0.15) is 36.6 Å². The summed E-state index contributed by atoms with van der Waals surface area (Å²) in [5.41, 5.74) is 6.75. The van der Waals surface area contributed by atoms with Crippen LogP contribution in [0.15, 0.2) is 18.2 Å². The average molecular weight is 363 g/mol. The lowest BCUT2D eigenvalue weighted by Crippen LogP contribution is -2.46. The van der Waals surface area contributed by atoms with Gasteiger partial charge in [-0.25, -0.2) is 9.97 Å². The summed E-state index contributed by atoms with van der Waals surface area (Å²) in [6.07, 6.45) is 4.42. The predicted octanol–water partition coefficient (Wildman–Crippen LogP) is 2.30. The van der Waals surface area contributed by atoms with Crippen molar-refractivity contribution in [2.45, 2.75) is 45.2 Å². The molecule has 27 heavy (non-hydrogen) atoms. The van der Waals surface area contributed by atoms with Crippen molar-refractivity contribution in [2.75, 3.05) is 29.9 Å². The number of rotatable bonds is 2. The van der Waals surface area contributed by atoms with E-state index in [1.54, 1.807) is 4.90 Å². The Bertz CT molecular complexity index is 925. The van der Waals surface area contributed by atoms with Crippen LogP contribution in [0.4, 0.5) is 11.6 Å². The Hall–Kier alpha value is -2.47. The van der Waals surface area contributed by atoms with Crippen LogP contribution in [0, 0.1) is 0 Å². The normalized spacial score (nSPS) is 21.6. The third kappa shape index (κ3) is 2.70. The molecule has 0 radical (unpaired) electrons. The van der Waals surface area contributed by atoms with Gasteiger partial charge >= 0.3 is 0 Å². The highest BCUT2D eigenvalue weighted by Gasteiger charge is 2.29. The molecule has 6 nitrogen and oxygen atoms in total. The van der Waals surface area contributed by atoms with E-state index in [9.17, 15) is 4.79 Å². The molecule has 0 spiro atoms. The number of aromatic nitrogens is 2. The summed E-state index contributed by atoms with van der Waals surface area (Å²) < 4.78 is 0. The lowest BCUT2D eigenvalue weighted by atomic mass is 10.0. The summed E-state index contributed by atoms with van der Waals surface area (Å²) in [6.45, 7) is 4.35. The van der Waals surface area contributed by atoms with Gasteiger partial charge in [0.05, 0.1) is 12.2 Å². The first-order chi connectivity index (χ1) is 13.1. The second kappa shape index (κ2) is 6.30. The molecule has 0 bridgehead atoms. The molecule has 3 heterocycles. The Kier molecular flexibility index (Phi) is 3.90. The van der Waals surface area contributed by atoms with Gasteiger partial charge in [0.1, 0.15) is 0 Å². The molecule has 1 amide bonds. The van der Waals surface area contributed by atoms with Gasteiger partial charge in [-0.3, -0.25) is 4.79 Å². The summed E-state index contributed by atoms with van der Waals surface area (Å²) in [4.78, 5) is 26.2. The zero-order valence-electron chi connectivity index (χ0n) is 16.0. The van der Waals surface area contributed by atoms with Crippen molar-refractivity contribution in [1.82, 2.24) is 15.3 Å². The predicted molar refractivity (Wildman–Crippen MR) is 106 cm³/mol. The van der Waals surface area contributed by atoms with Crippen LogP contribution in [0.3, 0.4) is 0 Å². The standard InChI is InChI=1S/C21H25N5O/c1-13-8-9-26(13)21-23-17-5-3-4-16(17)20(24-21)14-6-7-15-11-22-12-19(27)25(2)18(15)10-14/h6-7,10,13,22H,3-5,8-9,11-12H2,1-2H3/t13-/m0/s1. The van der Waals surface area contributed by atoms with Crippen molar-refractivity contribution in [1.29, 1.82) is 0 Å². The first-order valence-electron chi connectivity index (χ1n) is 9.89. The number of carbonyl (C=O) groups excluding carboxylic acids is 1. The number of aryl methyl sites for hydroxylation is 1. The van der Waals surface area contributed by atoms with Crippen LogP contribution >= 0.6 is 0 Å². The highest BCUT2D eigenvalue weighted by molar-refractivity contribution is 5.96. The van der Waals surface area contributed by atoms with Crippen molar-refractivity contribution in [3.8, 4) is 11.3 Å². The van der Waals surface area contributed by atoms with E-state index in [0.717, 1.165) is 54.3 Å². The van der Waals surface area contributed by atoms with Crippen LogP contribution < -0.4 is 15.1 Å². The summed E-state index contributed by atoms with van der Waals surface area (Å²) in [7, 11) is 1.86. The zero-order chi connectivity index (χ0) is 18.5. The van der Waals surface area contributed by atoms with Crippen molar-refractivity contribution in [3.63, 3.8) is 0 Å². The number of hydrogen-bond acceptors (Lipinski definition) is 5. The first-order valence-corrected chi connectivity index (χ1v) is 9.89. The van der Waals surface area contributed by atoms with E-state index in [1.165, 1.54) is 17.7 Å². The molecule has 0 saturated carbocycles. The smallest absolute Gasteiger partial charge is 0.240 e. The van der Waals surface area contributed by atoms with E-state index in [1.807, 2.05) is 7.05 Å². The fraction of sp³-hybridized carbons (Fsp3) is 0.476. The molecule has 1 atom stereocenters. The molecule has 0 unspecified atom stereocenters.